The Hall–Kier alpha value is -2.20. The van der Waals surface area contributed by atoms with Crippen LogP contribution >= 0.6 is 0 Å². The van der Waals surface area contributed by atoms with Crippen LogP contribution in [0.2, 0.25) is 0 Å². The standard InChI is InChI=1S/C10H5F7N4/c11-8(12,9(13,14)10(15,16)17)7-18-19-20-21(7)6-4-2-1-3-5-6/h1-5H. The molecule has 0 aliphatic rings. The molecule has 1 aromatic heterocycles. The largest absolute Gasteiger partial charge is 0.460 e. The summed E-state index contributed by atoms with van der Waals surface area (Å²) in [5.41, 5.74) is -0.185. The number of hydrogen-bond donors (Lipinski definition) is 0. The van der Waals surface area contributed by atoms with Crippen LogP contribution in [-0.2, 0) is 5.92 Å². The molecule has 0 spiro atoms. The summed E-state index contributed by atoms with van der Waals surface area (Å²) in [5.74, 6) is -13.9. The van der Waals surface area contributed by atoms with Crippen molar-refractivity contribution in [3.05, 3.63) is 36.2 Å². The lowest BCUT2D eigenvalue weighted by atomic mass is 10.1. The molecular weight excluding hydrogens is 309 g/mol. The molecule has 0 saturated carbocycles. The van der Waals surface area contributed by atoms with Gasteiger partial charge in [-0.15, -0.1) is 5.10 Å². The topological polar surface area (TPSA) is 43.6 Å². The fourth-order valence-electron chi connectivity index (χ4n) is 1.44. The quantitative estimate of drug-likeness (QED) is 0.818. The molecule has 1 aromatic carbocycles. The molecule has 0 fully saturated rings. The minimum Gasteiger partial charge on any atom is -0.191 e. The lowest BCUT2D eigenvalue weighted by Gasteiger charge is -2.26. The third-order valence-electron chi connectivity index (χ3n) is 2.50. The molecule has 0 aliphatic heterocycles. The monoisotopic (exact) mass is 314 g/mol. The summed E-state index contributed by atoms with van der Waals surface area (Å²) in [6, 6.07) is 6.51. The van der Waals surface area contributed by atoms with Gasteiger partial charge in [0, 0.05) is 0 Å². The number of rotatable bonds is 3. The molecule has 11 heteroatoms. The maximum Gasteiger partial charge on any atom is 0.460 e. The second-order valence-corrected chi connectivity index (χ2v) is 3.90. The number of para-hydroxylation sites is 1. The molecule has 0 N–H and O–H groups in total. The fraction of sp³-hybridized carbons (Fsp3) is 0.300. The molecule has 2 aromatic rings. The average Bonchev–Trinajstić information content (AvgIpc) is 2.88. The maximum atomic E-state index is 13.6. The molecule has 0 saturated heterocycles. The molecule has 0 amide bonds. The van der Waals surface area contributed by atoms with Crippen LogP contribution in [0.25, 0.3) is 5.69 Å². The SMILES string of the molecule is FC(F)(F)C(F)(F)C(F)(F)c1nnnn1-c1ccccc1. The molecule has 21 heavy (non-hydrogen) atoms. The van der Waals surface area contributed by atoms with Crippen molar-refractivity contribution in [2.45, 2.75) is 18.0 Å². The number of benzene rings is 1. The molecule has 0 bridgehead atoms. The number of nitrogens with zero attached hydrogens (tertiary/aromatic N) is 4. The minimum absolute atomic E-state index is 0.125. The maximum absolute atomic E-state index is 13.6. The van der Waals surface area contributed by atoms with E-state index < -0.39 is 23.8 Å². The molecule has 2 rings (SSSR count). The fourth-order valence-corrected chi connectivity index (χ4v) is 1.44. The van der Waals surface area contributed by atoms with Crippen LogP contribution in [0.1, 0.15) is 5.82 Å². The Morgan fingerprint density at radius 3 is 1.95 bits per heavy atom. The van der Waals surface area contributed by atoms with E-state index in [-0.39, 0.29) is 10.4 Å². The lowest BCUT2D eigenvalue weighted by Crippen LogP contribution is -2.51. The van der Waals surface area contributed by atoms with E-state index in [0.717, 1.165) is 0 Å². The Morgan fingerprint density at radius 1 is 0.857 bits per heavy atom. The van der Waals surface area contributed by atoms with Crippen molar-refractivity contribution in [1.29, 1.82) is 0 Å². The smallest absolute Gasteiger partial charge is 0.191 e. The van der Waals surface area contributed by atoms with Crippen LogP contribution in [0.3, 0.4) is 0 Å². The first-order valence-corrected chi connectivity index (χ1v) is 5.25. The van der Waals surface area contributed by atoms with E-state index in [2.05, 4.69) is 15.5 Å². The van der Waals surface area contributed by atoms with Gasteiger partial charge in [0.2, 0.25) is 5.82 Å². The highest BCUT2D eigenvalue weighted by Gasteiger charge is 2.75. The first-order valence-electron chi connectivity index (χ1n) is 5.25. The summed E-state index contributed by atoms with van der Waals surface area (Å²) < 4.78 is 89.7. The molecule has 0 radical (unpaired) electrons. The molecule has 1 heterocycles. The first-order chi connectivity index (χ1) is 9.59. The van der Waals surface area contributed by atoms with Gasteiger partial charge in [0.15, 0.2) is 0 Å². The van der Waals surface area contributed by atoms with E-state index in [1.165, 1.54) is 30.3 Å². The summed E-state index contributed by atoms with van der Waals surface area (Å²) >= 11 is 0. The van der Waals surface area contributed by atoms with Crippen molar-refractivity contribution in [1.82, 2.24) is 20.2 Å². The van der Waals surface area contributed by atoms with Crippen LogP contribution in [0.4, 0.5) is 30.7 Å². The van der Waals surface area contributed by atoms with Crippen molar-refractivity contribution in [2.75, 3.05) is 0 Å². The Kier molecular flexibility index (Phi) is 3.38. The van der Waals surface area contributed by atoms with Crippen molar-refractivity contribution >= 4 is 0 Å². The summed E-state index contributed by atoms with van der Waals surface area (Å²) in [5, 5.41) is 8.38. The summed E-state index contributed by atoms with van der Waals surface area (Å²) in [7, 11) is 0. The van der Waals surface area contributed by atoms with Gasteiger partial charge < -0.3 is 0 Å². The molecule has 0 aliphatic carbocycles. The lowest BCUT2D eigenvalue weighted by molar-refractivity contribution is -0.361. The Balaban J connectivity index is 2.56. The van der Waals surface area contributed by atoms with Gasteiger partial charge in [-0.3, -0.25) is 0 Å². The van der Waals surface area contributed by atoms with Gasteiger partial charge in [0.25, 0.3) is 0 Å². The minimum atomic E-state index is -6.45. The molecule has 0 atom stereocenters. The van der Waals surface area contributed by atoms with Crippen LogP contribution in [0, 0.1) is 0 Å². The Bertz CT molecular complexity index is 620. The first kappa shape index (κ1) is 15.2. The third-order valence-corrected chi connectivity index (χ3v) is 2.50. The Morgan fingerprint density at radius 2 is 1.43 bits per heavy atom. The zero-order chi connectivity index (χ0) is 15.9. The van der Waals surface area contributed by atoms with Gasteiger partial charge in [0.1, 0.15) is 0 Å². The number of aromatic nitrogens is 4. The van der Waals surface area contributed by atoms with Gasteiger partial charge in [-0.05, 0) is 22.6 Å². The van der Waals surface area contributed by atoms with E-state index >= 15 is 0 Å². The third kappa shape index (κ3) is 2.32. The number of tetrazole rings is 1. The predicted molar refractivity (Wildman–Crippen MR) is 54.1 cm³/mol. The normalized spacial score (nSPS) is 13.5. The zero-order valence-electron chi connectivity index (χ0n) is 9.82. The molecule has 114 valence electrons. The highest BCUT2D eigenvalue weighted by Crippen LogP contribution is 2.51. The van der Waals surface area contributed by atoms with E-state index in [4.69, 9.17) is 0 Å². The molecule has 4 nitrogen and oxygen atoms in total. The van der Waals surface area contributed by atoms with E-state index in [1.54, 1.807) is 0 Å². The van der Waals surface area contributed by atoms with Crippen LogP contribution in [-0.4, -0.2) is 32.3 Å². The number of halogens is 7. The van der Waals surface area contributed by atoms with Gasteiger partial charge in [-0.25, -0.2) is 0 Å². The molecule has 0 unspecified atom stereocenters. The summed E-state index contributed by atoms with van der Waals surface area (Å²) in [6.07, 6.45) is -6.45. The number of hydrogen-bond acceptors (Lipinski definition) is 3. The predicted octanol–water partition coefficient (Wildman–Crippen LogP) is 2.95. The van der Waals surface area contributed by atoms with E-state index in [9.17, 15) is 30.7 Å². The highest BCUT2D eigenvalue weighted by atomic mass is 19.4. The number of alkyl halides is 7. The second kappa shape index (κ2) is 4.67. The highest BCUT2D eigenvalue weighted by molar-refractivity contribution is 5.31. The second-order valence-electron chi connectivity index (χ2n) is 3.90. The molecular formula is C10H5F7N4. The van der Waals surface area contributed by atoms with Gasteiger partial charge in [-0.1, -0.05) is 18.2 Å². The average molecular weight is 314 g/mol. The van der Waals surface area contributed by atoms with Crippen LogP contribution in [0.5, 0.6) is 0 Å². The summed E-state index contributed by atoms with van der Waals surface area (Å²) in [4.78, 5) is 0. The Labute approximate surface area is 112 Å². The van der Waals surface area contributed by atoms with E-state index in [1.807, 2.05) is 0 Å². The van der Waals surface area contributed by atoms with Crippen LogP contribution < -0.4 is 0 Å². The van der Waals surface area contributed by atoms with Crippen molar-refractivity contribution in [2.24, 2.45) is 0 Å². The van der Waals surface area contributed by atoms with Crippen molar-refractivity contribution in [3.63, 3.8) is 0 Å². The van der Waals surface area contributed by atoms with Gasteiger partial charge in [-0.2, -0.15) is 35.4 Å². The van der Waals surface area contributed by atoms with Crippen LogP contribution in [0.15, 0.2) is 30.3 Å². The zero-order valence-corrected chi connectivity index (χ0v) is 9.82. The van der Waals surface area contributed by atoms with Crippen molar-refractivity contribution < 1.29 is 30.7 Å². The van der Waals surface area contributed by atoms with E-state index in [0.29, 0.717) is 0 Å². The van der Waals surface area contributed by atoms with Crippen molar-refractivity contribution in [3.8, 4) is 5.69 Å². The summed E-state index contributed by atoms with van der Waals surface area (Å²) in [6.45, 7) is 0. The van der Waals surface area contributed by atoms with Gasteiger partial charge >= 0.3 is 18.0 Å². The van der Waals surface area contributed by atoms with Gasteiger partial charge in [0.05, 0.1) is 5.69 Å².